The van der Waals surface area contributed by atoms with E-state index in [1.165, 1.54) is 0 Å². The zero-order chi connectivity index (χ0) is 14.3. The topological polar surface area (TPSA) is 75.4 Å². The third-order valence-electron chi connectivity index (χ3n) is 3.61. The summed E-state index contributed by atoms with van der Waals surface area (Å²) >= 11 is 0. The van der Waals surface area contributed by atoms with Gasteiger partial charge in [0.1, 0.15) is 0 Å². The summed E-state index contributed by atoms with van der Waals surface area (Å²) in [6.45, 7) is 5.41. The van der Waals surface area contributed by atoms with Crippen LogP contribution >= 0.6 is 12.4 Å². The molecule has 0 aromatic heterocycles. The monoisotopic (exact) mass is 305 g/mol. The number of rotatable bonds is 6. The summed E-state index contributed by atoms with van der Waals surface area (Å²) in [5.74, 6) is 0.0261. The maximum Gasteiger partial charge on any atom is 0.223 e. The Morgan fingerprint density at radius 2 is 2.05 bits per heavy atom. The highest BCUT2D eigenvalue weighted by Gasteiger charge is 2.28. The molecule has 1 heterocycles. The third kappa shape index (κ3) is 6.09. The van der Waals surface area contributed by atoms with Gasteiger partial charge in [-0.2, -0.15) is 0 Å². The zero-order valence-corrected chi connectivity index (χ0v) is 13.4. The largest absolute Gasteiger partial charge is 0.356 e. The van der Waals surface area contributed by atoms with Gasteiger partial charge in [0, 0.05) is 38.0 Å². The molecule has 1 aliphatic rings. The van der Waals surface area contributed by atoms with Gasteiger partial charge in [-0.3, -0.25) is 9.59 Å². The first kappa shape index (κ1) is 19.2. The Bertz CT molecular complexity index is 311. The van der Waals surface area contributed by atoms with E-state index in [1.54, 1.807) is 0 Å². The minimum absolute atomic E-state index is 0. The van der Waals surface area contributed by atoms with Crippen LogP contribution in [0.3, 0.4) is 0 Å². The van der Waals surface area contributed by atoms with E-state index in [-0.39, 0.29) is 42.7 Å². The molecule has 0 aromatic carbocycles. The number of hydrogen-bond donors (Lipinski definition) is 2. The molecule has 1 aliphatic heterocycles. The van der Waals surface area contributed by atoms with E-state index in [4.69, 9.17) is 5.73 Å². The van der Waals surface area contributed by atoms with Crippen LogP contribution in [0.2, 0.25) is 0 Å². The molecule has 2 unspecified atom stereocenters. The summed E-state index contributed by atoms with van der Waals surface area (Å²) in [5, 5.41) is 2.79. The fourth-order valence-electron chi connectivity index (χ4n) is 2.53. The number of carbonyl (C=O) groups is 2. The Hall–Kier alpha value is -0.810. The van der Waals surface area contributed by atoms with Crippen LogP contribution in [0, 0.1) is 0 Å². The predicted molar refractivity (Wildman–Crippen MR) is 82.8 cm³/mol. The Kier molecular flexibility index (Phi) is 9.59. The molecular formula is C14H28ClN3O2. The fourth-order valence-corrected chi connectivity index (χ4v) is 2.53. The maximum absolute atomic E-state index is 12.2. The van der Waals surface area contributed by atoms with Crippen molar-refractivity contribution in [3.63, 3.8) is 0 Å². The molecule has 0 aromatic rings. The van der Waals surface area contributed by atoms with Gasteiger partial charge in [-0.05, 0) is 32.6 Å². The minimum atomic E-state index is -0.0374. The smallest absolute Gasteiger partial charge is 0.223 e. The molecule has 5 nitrogen and oxygen atoms in total. The molecule has 1 rings (SSSR count). The number of amides is 2. The van der Waals surface area contributed by atoms with Crippen molar-refractivity contribution >= 4 is 24.2 Å². The molecule has 1 fully saturated rings. The Labute approximate surface area is 128 Å². The van der Waals surface area contributed by atoms with Gasteiger partial charge in [-0.1, -0.05) is 6.92 Å². The number of halogens is 1. The van der Waals surface area contributed by atoms with Crippen molar-refractivity contribution in [3.8, 4) is 0 Å². The molecule has 2 amide bonds. The van der Waals surface area contributed by atoms with Gasteiger partial charge >= 0.3 is 0 Å². The average Bonchev–Trinajstić information content (AvgIpc) is 2.42. The Morgan fingerprint density at radius 1 is 1.35 bits per heavy atom. The van der Waals surface area contributed by atoms with E-state index in [0.29, 0.717) is 13.0 Å². The van der Waals surface area contributed by atoms with Crippen LogP contribution in [0.15, 0.2) is 0 Å². The van der Waals surface area contributed by atoms with Crippen LogP contribution in [0.25, 0.3) is 0 Å². The lowest BCUT2D eigenvalue weighted by molar-refractivity contribution is -0.137. The number of nitrogens with two attached hydrogens (primary N) is 1. The highest BCUT2D eigenvalue weighted by atomic mass is 35.5. The number of carbonyl (C=O) groups excluding carboxylic acids is 2. The fraction of sp³-hybridized carbons (Fsp3) is 0.857. The molecule has 118 valence electrons. The SMILES string of the molecule is CCCNC(=O)CCC(=O)N1CCCCC1C(C)N.Cl. The van der Waals surface area contributed by atoms with Crippen molar-refractivity contribution < 1.29 is 9.59 Å². The van der Waals surface area contributed by atoms with Crippen molar-refractivity contribution in [1.82, 2.24) is 10.2 Å². The normalized spacial score (nSPS) is 19.9. The van der Waals surface area contributed by atoms with Crippen LogP contribution in [0.1, 0.15) is 52.4 Å². The van der Waals surface area contributed by atoms with Gasteiger partial charge in [0.05, 0.1) is 0 Å². The van der Waals surface area contributed by atoms with Gasteiger partial charge in [0.25, 0.3) is 0 Å². The standard InChI is InChI=1S/C14H27N3O2.ClH/c1-3-9-16-13(18)7-8-14(19)17-10-5-4-6-12(17)11(2)15;/h11-12H,3-10,15H2,1-2H3,(H,16,18);1H. The van der Waals surface area contributed by atoms with Crippen LogP contribution in [0.5, 0.6) is 0 Å². The molecule has 1 saturated heterocycles. The van der Waals surface area contributed by atoms with Crippen LogP contribution in [0.4, 0.5) is 0 Å². The number of likely N-dealkylation sites (tertiary alicyclic amines) is 1. The summed E-state index contributed by atoms with van der Waals surface area (Å²) in [7, 11) is 0. The highest BCUT2D eigenvalue weighted by Crippen LogP contribution is 2.20. The second-order valence-corrected chi connectivity index (χ2v) is 5.36. The molecule has 0 spiro atoms. The van der Waals surface area contributed by atoms with E-state index in [1.807, 2.05) is 18.7 Å². The van der Waals surface area contributed by atoms with E-state index >= 15 is 0 Å². The molecule has 0 saturated carbocycles. The molecular weight excluding hydrogens is 278 g/mol. The van der Waals surface area contributed by atoms with Gasteiger partial charge in [0.2, 0.25) is 11.8 Å². The zero-order valence-electron chi connectivity index (χ0n) is 12.6. The third-order valence-corrected chi connectivity index (χ3v) is 3.61. The summed E-state index contributed by atoms with van der Waals surface area (Å²) in [5.41, 5.74) is 5.94. The van der Waals surface area contributed by atoms with E-state index in [9.17, 15) is 9.59 Å². The second-order valence-electron chi connectivity index (χ2n) is 5.36. The molecule has 3 N–H and O–H groups in total. The van der Waals surface area contributed by atoms with Gasteiger partial charge in [-0.15, -0.1) is 12.4 Å². The van der Waals surface area contributed by atoms with Crippen molar-refractivity contribution in [1.29, 1.82) is 0 Å². The van der Waals surface area contributed by atoms with Gasteiger partial charge in [-0.25, -0.2) is 0 Å². The quantitative estimate of drug-likeness (QED) is 0.780. The first-order valence-corrected chi connectivity index (χ1v) is 7.38. The Balaban J connectivity index is 0.00000361. The highest BCUT2D eigenvalue weighted by molar-refractivity contribution is 5.85. The lowest BCUT2D eigenvalue weighted by Gasteiger charge is -2.38. The van der Waals surface area contributed by atoms with E-state index in [0.717, 1.165) is 32.2 Å². The molecule has 0 aliphatic carbocycles. The summed E-state index contributed by atoms with van der Waals surface area (Å²) in [4.78, 5) is 25.6. The molecule has 20 heavy (non-hydrogen) atoms. The predicted octanol–water partition coefficient (Wildman–Crippen LogP) is 1.44. The summed E-state index contributed by atoms with van der Waals surface area (Å²) in [6.07, 6.45) is 4.63. The van der Waals surface area contributed by atoms with E-state index in [2.05, 4.69) is 5.32 Å². The maximum atomic E-state index is 12.2. The molecule has 0 bridgehead atoms. The van der Waals surface area contributed by atoms with Crippen LogP contribution < -0.4 is 11.1 Å². The lowest BCUT2D eigenvalue weighted by Crippen LogP contribution is -2.51. The number of piperidine rings is 1. The molecule has 0 radical (unpaired) electrons. The number of nitrogens with zero attached hydrogens (tertiary/aromatic N) is 1. The van der Waals surface area contributed by atoms with E-state index < -0.39 is 0 Å². The van der Waals surface area contributed by atoms with Gasteiger partial charge in [0.15, 0.2) is 0 Å². The van der Waals surface area contributed by atoms with Crippen LogP contribution in [-0.4, -0.2) is 41.9 Å². The number of hydrogen-bond acceptors (Lipinski definition) is 3. The second kappa shape index (κ2) is 10.00. The lowest BCUT2D eigenvalue weighted by atomic mass is 9.96. The minimum Gasteiger partial charge on any atom is -0.356 e. The first-order chi connectivity index (χ1) is 9.06. The first-order valence-electron chi connectivity index (χ1n) is 7.38. The summed E-state index contributed by atoms with van der Waals surface area (Å²) < 4.78 is 0. The van der Waals surface area contributed by atoms with Crippen molar-refractivity contribution in [2.24, 2.45) is 5.73 Å². The molecule has 6 heteroatoms. The average molecular weight is 306 g/mol. The van der Waals surface area contributed by atoms with Gasteiger partial charge < -0.3 is 16.0 Å². The van der Waals surface area contributed by atoms with Crippen molar-refractivity contribution in [2.45, 2.75) is 64.5 Å². The van der Waals surface area contributed by atoms with Crippen LogP contribution in [-0.2, 0) is 9.59 Å². The van der Waals surface area contributed by atoms with Crippen molar-refractivity contribution in [2.75, 3.05) is 13.1 Å². The summed E-state index contributed by atoms with van der Waals surface area (Å²) in [6, 6.07) is 0.137. The molecule has 2 atom stereocenters. The number of nitrogens with one attached hydrogen (secondary N) is 1. The Morgan fingerprint density at radius 3 is 2.65 bits per heavy atom. The van der Waals surface area contributed by atoms with Crippen molar-refractivity contribution in [3.05, 3.63) is 0 Å².